The zero-order chi connectivity index (χ0) is 24.3. The minimum absolute atomic E-state index is 0.0221. The van der Waals surface area contributed by atoms with Crippen molar-refractivity contribution in [2.75, 3.05) is 13.1 Å². The monoisotopic (exact) mass is 457 g/mol. The summed E-state index contributed by atoms with van der Waals surface area (Å²) in [7, 11) is 0. The number of carbonyl (C=O) groups is 4. The van der Waals surface area contributed by atoms with Gasteiger partial charge in [-0.25, -0.2) is 4.79 Å². The molecule has 11 heteroatoms. The number of hydrogen-bond donors (Lipinski definition) is 7. The van der Waals surface area contributed by atoms with E-state index in [1.165, 1.54) is 6.92 Å². The molecule has 0 aromatic heterocycles. The van der Waals surface area contributed by atoms with E-state index in [0.29, 0.717) is 32.2 Å². The second-order valence-electron chi connectivity index (χ2n) is 8.75. The molecule has 1 rings (SSSR count). The van der Waals surface area contributed by atoms with Gasteiger partial charge in [0, 0.05) is 0 Å². The molecule has 0 spiro atoms. The fourth-order valence-electron chi connectivity index (χ4n) is 3.56. The Morgan fingerprint density at radius 2 is 1.69 bits per heavy atom. The Bertz CT molecular complexity index is 636. The molecule has 32 heavy (non-hydrogen) atoms. The van der Waals surface area contributed by atoms with Crippen molar-refractivity contribution in [3.63, 3.8) is 0 Å². The maximum Gasteiger partial charge on any atom is 0.328 e. The lowest BCUT2D eigenvalue weighted by Gasteiger charge is -2.26. The number of aliphatic carboxylic acids is 1. The van der Waals surface area contributed by atoms with E-state index < -0.39 is 42.0 Å². The summed E-state index contributed by atoms with van der Waals surface area (Å²) in [5, 5.41) is 29.7. The molecule has 1 aliphatic heterocycles. The molecule has 11 nitrogen and oxygen atoms in total. The van der Waals surface area contributed by atoms with Crippen molar-refractivity contribution in [3.8, 4) is 0 Å². The zero-order valence-corrected chi connectivity index (χ0v) is 19.2. The molecule has 5 unspecified atom stereocenters. The van der Waals surface area contributed by atoms with E-state index >= 15 is 0 Å². The fourth-order valence-corrected chi connectivity index (χ4v) is 3.56. The van der Waals surface area contributed by atoms with Crippen LogP contribution in [0.15, 0.2) is 0 Å². The smallest absolute Gasteiger partial charge is 0.328 e. The molecule has 8 N–H and O–H groups in total. The first-order valence-corrected chi connectivity index (χ1v) is 11.3. The summed E-state index contributed by atoms with van der Waals surface area (Å²) in [5.41, 5.74) is 5.54. The Morgan fingerprint density at radius 1 is 1.03 bits per heavy atom. The van der Waals surface area contributed by atoms with Crippen LogP contribution in [0.5, 0.6) is 0 Å². The highest BCUT2D eigenvalue weighted by molar-refractivity contribution is 5.94. The average molecular weight is 458 g/mol. The molecule has 1 saturated heterocycles. The first kappa shape index (κ1) is 27.8. The van der Waals surface area contributed by atoms with Gasteiger partial charge in [-0.05, 0) is 64.5 Å². The highest BCUT2D eigenvalue weighted by Gasteiger charge is 2.32. The molecular weight excluding hydrogens is 418 g/mol. The van der Waals surface area contributed by atoms with Gasteiger partial charge in [-0.3, -0.25) is 14.4 Å². The van der Waals surface area contributed by atoms with E-state index in [-0.39, 0.29) is 24.3 Å². The Hall–Kier alpha value is -2.24. The summed E-state index contributed by atoms with van der Waals surface area (Å²) in [4.78, 5) is 49.6. The second kappa shape index (κ2) is 14.0. The molecule has 0 saturated carbocycles. The van der Waals surface area contributed by atoms with Crippen molar-refractivity contribution >= 4 is 23.7 Å². The Balaban J connectivity index is 2.90. The maximum absolute atomic E-state index is 13.0. The number of rotatable bonds is 14. The summed E-state index contributed by atoms with van der Waals surface area (Å²) in [6, 6.07) is -3.70. The van der Waals surface area contributed by atoms with Crippen LogP contribution in [0.1, 0.15) is 59.3 Å². The standard InChI is InChI=1S/C21H39N5O6/c1-12(2)11-16(20(30)26-17(13(3)27)21(31)32)25-19(29)15(7-4-5-9-22)24-18(28)14-8-6-10-23-14/h12-17,23,27H,4-11,22H2,1-3H3,(H,24,28)(H,25,29)(H,26,30)(H,31,32). The first-order valence-electron chi connectivity index (χ1n) is 11.3. The van der Waals surface area contributed by atoms with Gasteiger partial charge in [0.1, 0.15) is 12.1 Å². The lowest BCUT2D eigenvalue weighted by Crippen LogP contribution is -2.58. The van der Waals surface area contributed by atoms with Gasteiger partial charge in [-0.15, -0.1) is 0 Å². The molecule has 1 fully saturated rings. The van der Waals surface area contributed by atoms with Crippen molar-refractivity contribution in [3.05, 3.63) is 0 Å². The van der Waals surface area contributed by atoms with Crippen LogP contribution in [0.25, 0.3) is 0 Å². The molecular formula is C21H39N5O6. The van der Waals surface area contributed by atoms with Crippen LogP contribution in [0.2, 0.25) is 0 Å². The Morgan fingerprint density at radius 3 is 2.19 bits per heavy atom. The van der Waals surface area contributed by atoms with E-state index in [9.17, 15) is 29.4 Å². The number of carbonyl (C=O) groups excluding carboxylic acids is 3. The predicted octanol–water partition coefficient (Wildman–Crippen LogP) is -1.17. The van der Waals surface area contributed by atoms with E-state index in [0.717, 1.165) is 13.0 Å². The van der Waals surface area contributed by atoms with Crippen molar-refractivity contribution in [1.29, 1.82) is 0 Å². The number of nitrogens with two attached hydrogens (primary N) is 1. The van der Waals surface area contributed by atoms with Crippen LogP contribution in [-0.4, -0.2) is 77.3 Å². The van der Waals surface area contributed by atoms with Gasteiger partial charge in [0.25, 0.3) is 0 Å². The quantitative estimate of drug-likeness (QED) is 0.159. The highest BCUT2D eigenvalue weighted by Crippen LogP contribution is 2.10. The van der Waals surface area contributed by atoms with Crippen LogP contribution in [0.4, 0.5) is 0 Å². The molecule has 184 valence electrons. The third-order valence-electron chi connectivity index (χ3n) is 5.34. The molecule has 3 amide bonds. The van der Waals surface area contributed by atoms with Gasteiger partial charge in [-0.1, -0.05) is 13.8 Å². The van der Waals surface area contributed by atoms with E-state index in [4.69, 9.17) is 5.73 Å². The van der Waals surface area contributed by atoms with Crippen molar-refractivity contribution in [1.82, 2.24) is 21.3 Å². The number of unbranched alkanes of at least 4 members (excludes halogenated alkanes) is 1. The third kappa shape index (κ3) is 9.49. The van der Waals surface area contributed by atoms with E-state index in [1.807, 2.05) is 13.8 Å². The lowest BCUT2D eigenvalue weighted by molar-refractivity contribution is -0.145. The Labute approximate surface area is 189 Å². The average Bonchev–Trinajstić information content (AvgIpc) is 3.24. The SMILES string of the molecule is CC(C)CC(NC(=O)C(CCCCN)NC(=O)C1CCCN1)C(=O)NC(C(=O)O)C(C)O. The summed E-state index contributed by atoms with van der Waals surface area (Å²) in [6.07, 6.45) is 2.20. The molecule has 0 aromatic carbocycles. The minimum Gasteiger partial charge on any atom is -0.480 e. The lowest BCUT2D eigenvalue weighted by atomic mass is 10.0. The number of aliphatic hydroxyl groups is 1. The van der Waals surface area contributed by atoms with Gasteiger partial charge in [0.05, 0.1) is 12.1 Å². The summed E-state index contributed by atoms with van der Waals surface area (Å²) >= 11 is 0. The topological polar surface area (TPSA) is 183 Å². The highest BCUT2D eigenvalue weighted by atomic mass is 16.4. The van der Waals surface area contributed by atoms with Gasteiger partial charge >= 0.3 is 5.97 Å². The summed E-state index contributed by atoms with van der Waals surface area (Å²) in [5.74, 6) is -2.84. The second-order valence-corrected chi connectivity index (χ2v) is 8.75. The van der Waals surface area contributed by atoms with Crippen LogP contribution >= 0.6 is 0 Å². The number of amides is 3. The van der Waals surface area contributed by atoms with Crippen LogP contribution in [0, 0.1) is 5.92 Å². The van der Waals surface area contributed by atoms with Crippen LogP contribution < -0.4 is 27.0 Å². The Kier molecular flexibility index (Phi) is 12.2. The number of carboxylic acids is 1. The normalized spacial score (nSPS) is 19.6. The molecule has 0 bridgehead atoms. The molecule has 0 aromatic rings. The molecule has 5 atom stereocenters. The van der Waals surface area contributed by atoms with Gasteiger partial charge in [0.15, 0.2) is 6.04 Å². The van der Waals surface area contributed by atoms with Crippen LogP contribution in [0.3, 0.4) is 0 Å². The largest absolute Gasteiger partial charge is 0.480 e. The van der Waals surface area contributed by atoms with Crippen molar-refractivity contribution in [2.24, 2.45) is 11.7 Å². The first-order chi connectivity index (χ1) is 15.1. The maximum atomic E-state index is 13.0. The number of aliphatic hydroxyl groups excluding tert-OH is 1. The van der Waals surface area contributed by atoms with Gasteiger partial charge < -0.3 is 37.2 Å². The van der Waals surface area contributed by atoms with Crippen molar-refractivity contribution < 1.29 is 29.4 Å². The minimum atomic E-state index is -1.50. The molecule has 1 aliphatic rings. The molecule has 0 radical (unpaired) electrons. The van der Waals surface area contributed by atoms with Gasteiger partial charge in [-0.2, -0.15) is 0 Å². The number of nitrogens with one attached hydrogen (secondary N) is 4. The van der Waals surface area contributed by atoms with Crippen LogP contribution in [-0.2, 0) is 19.2 Å². The third-order valence-corrected chi connectivity index (χ3v) is 5.34. The number of hydrogen-bond acceptors (Lipinski definition) is 7. The molecule has 1 heterocycles. The fraction of sp³-hybridized carbons (Fsp3) is 0.810. The molecule has 0 aliphatic carbocycles. The zero-order valence-electron chi connectivity index (χ0n) is 19.2. The summed E-state index contributed by atoms with van der Waals surface area (Å²) < 4.78 is 0. The van der Waals surface area contributed by atoms with E-state index in [2.05, 4.69) is 21.3 Å². The van der Waals surface area contributed by atoms with Gasteiger partial charge in [0.2, 0.25) is 17.7 Å². The predicted molar refractivity (Wildman–Crippen MR) is 118 cm³/mol. The number of carboxylic acid groups (broad SMARTS) is 1. The van der Waals surface area contributed by atoms with E-state index in [1.54, 1.807) is 0 Å². The van der Waals surface area contributed by atoms with Crippen molar-refractivity contribution in [2.45, 2.75) is 89.6 Å². The summed E-state index contributed by atoms with van der Waals surface area (Å²) in [6.45, 7) is 6.19.